The largest absolute Gasteiger partial charge is 0.394 e. The number of hydrogen-bond acceptors (Lipinski definition) is 3. The highest BCUT2D eigenvalue weighted by Crippen LogP contribution is 2.14. The van der Waals surface area contributed by atoms with Gasteiger partial charge in [-0.1, -0.05) is 46.0 Å². The van der Waals surface area contributed by atoms with Crippen LogP contribution in [0.5, 0.6) is 0 Å². The predicted molar refractivity (Wildman–Crippen MR) is 68.7 cm³/mol. The van der Waals surface area contributed by atoms with E-state index in [0.29, 0.717) is 0 Å². The molecule has 3 nitrogen and oxygen atoms in total. The van der Waals surface area contributed by atoms with Crippen LogP contribution in [0.2, 0.25) is 0 Å². The van der Waals surface area contributed by atoms with Gasteiger partial charge in [-0.15, -0.1) is 0 Å². The van der Waals surface area contributed by atoms with Gasteiger partial charge in [0.05, 0.1) is 13.2 Å². The van der Waals surface area contributed by atoms with E-state index in [1.165, 1.54) is 44.9 Å². The summed E-state index contributed by atoms with van der Waals surface area (Å²) in [5.74, 6) is 0. The molecule has 3 heteroatoms. The van der Waals surface area contributed by atoms with Crippen molar-refractivity contribution in [3.63, 3.8) is 0 Å². The molecule has 0 saturated heterocycles. The fraction of sp³-hybridized carbons (Fsp3) is 1.00. The monoisotopic (exact) mass is 234 g/mol. The van der Waals surface area contributed by atoms with Crippen molar-refractivity contribution >= 4 is 0 Å². The van der Waals surface area contributed by atoms with Crippen molar-refractivity contribution in [2.75, 3.05) is 26.4 Å². The topological polar surface area (TPSA) is 49.7 Å². The summed E-state index contributed by atoms with van der Waals surface area (Å²) in [4.78, 5) is 0. The third kappa shape index (κ3) is 37.1. The standard InChI is InChI=1S/C8H18O.C3H6.C2H6O2/c1-3-5-7-9-8-6-4-2;1-2-3-1;3-1-2-4/h3-8H2,1-2H3;1-3H2;3-4H,1-2H2. The van der Waals surface area contributed by atoms with Gasteiger partial charge in [-0.05, 0) is 12.8 Å². The van der Waals surface area contributed by atoms with Gasteiger partial charge in [-0.3, -0.25) is 0 Å². The van der Waals surface area contributed by atoms with Crippen LogP contribution in [0, 0.1) is 0 Å². The third-order valence-electron chi connectivity index (χ3n) is 1.74. The lowest BCUT2D eigenvalue weighted by Gasteiger charge is -1.99. The SMILES string of the molecule is C1CC1.CCCCOCCCC.OCCO. The first kappa shape index (κ1) is 18.3. The molecule has 0 radical (unpaired) electrons. The lowest BCUT2D eigenvalue weighted by atomic mass is 10.3. The van der Waals surface area contributed by atoms with Crippen molar-refractivity contribution in [3.05, 3.63) is 0 Å². The van der Waals surface area contributed by atoms with Gasteiger partial charge in [0.25, 0.3) is 0 Å². The molecule has 1 aliphatic rings. The molecular formula is C13H30O3. The highest BCUT2D eigenvalue weighted by molar-refractivity contribution is 4.50. The average Bonchev–Trinajstić information content (AvgIpc) is 3.17. The van der Waals surface area contributed by atoms with Crippen molar-refractivity contribution in [3.8, 4) is 0 Å². The Morgan fingerprint density at radius 3 is 1.38 bits per heavy atom. The Balaban J connectivity index is 0. The van der Waals surface area contributed by atoms with Crippen LogP contribution in [0.1, 0.15) is 58.8 Å². The number of aliphatic hydroxyl groups is 2. The molecule has 0 heterocycles. The van der Waals surface area contributed by atoms with E-state index in [4.69, 9.17) is 14.9 Å². The molecule has 100 valence electrons. The van der Waals surface area contributed by atoms with Crippen LogP contribution in [0.3, 0.4) is 0 Å². The molecule has 0 spiro atoms. The molecular weight excluding hydrogens is 204 g/mol. The van der Waals surface area contributed by atoms with Gasteiger partial charge in [-0.25, -0.2) is 0 Å². The van der Waals surface area contributed by atoms with Gasteiger partial charge in [0.15, 0.2) is 0 Å². The van der Waals surface area contributed by atoms with E-state index in [1.807, 2.05) is 0 Å². The van der Waals surface area contributed by atoms with E-state index in [0.717, 1.165) is 13.2 Å². The molecule has 2 N–H and O–H groups in total. The minimum Gasteiger partial charge on any atom is -0.394 e. The van der Waals surface area contributed by atoms with Gasteiger partial charge in [0.1, 0.15) is 0 Å². The van der Waals surface area contributed by atoms with Gasteiger partial charge in [0, 0.05) is 13.2 Å². The first-order valence-corrected chi connectivity index (χ1v) is 6.62. The maximum atomic E-state index is 7.62. The number of unbranched alkanes of at least 4 members (excludes halogenated alkanes) is 2. The maximum absolute atomic E-state index is 7.62. The summed E-state index contributed by atoms with van der Waals surface area (Å²) in [7, 11) is 0. The van der Waals surface area contributed by atoms with Gasteiger partial charge < -0.3 is 14.9 Å². The molecule has 0 bridgehead atoms. The van der Waals surface area contributed by atoms with Crippen LogP contribution < -0.4 is 0 Å². The molecule has 0 aromatic heterocycles. The van der Waals surface area contributed by atoms with Crippen LogP contribution in [0.25, 0.3) is 0 Å². The maximum Gasteiger partial charge on any atom is 0.0662 e. The molecule has 16 heavy (non-hydrogen) atoms. The number of aliphatic hydroxyl groups excluding tert-OH is 2. The molecule has 1 fully saturated rings. The van der Waals surface area contributed by atoms with E-state index >= 15 is 0 Å². The van der Waals surface area contributed by atoms with E-state index in [9.17, 15) is 0 Å². The lowest BCUT2D eigenvalue weighted by Crippen LogP contribution is -1.95. The average molecular weight is 234 g/mol. The normalized spacial score (nSPS) is 12.0. The molecule has 1 rings (SSSR count). The van der Waals surface area contributed by atoms with Crippen LogP contribution in [0.4, 0.5) is 0 Å². The van der Waals surface area contributed by atoms with Gasteiger partial charge in [-0.2, -0.15) is 0 Å². The highest BCUT2D eigenvalue weighted by atomic mass is 16.5. The van der Waals surface area contributed by atoms with Crippen LogP contribution in [-0.4, -0.2) is 36.6 Å². The van der Waals surface area contributed by atoms with Crippen LogP contribution in [-0.2, 0) is 4.74 Å². The summed E-state index contributed by atoms with van der Waals surface area (Å²) < 4.78 is 5.31. The van der Waals surface area contributed by atoms with E-state index in [1.54, 1.807) is 0 Å². The molecule has 0 aromatic rings. The lowest BCUT2D eigenvalue weighted by molar-refractivity contribution is 0.128. The number of hydrogen-bond donors (Lipinski definition) is 2. The highest BCUT2D eigenvalue weighted by Gasteiger charge is 1.95. The summed E-state index contributed by atoms with van der Waals surface area (Å²) in [5.41, 5.74) is 0. The smallest absolute Gasteiger partial charge is 0.0662 e. The Morgan fingerprint density at radius 1 is 0.812 bits per heavy atom. The second kappa shape index (κ2) is 20.3. The molecule has 0 aliphatic heterocycles. The molecule has 1 saturated carbocycles. The molecule has 0 aromatic carbocycles. The van der Waals surface area contributed by atoms with Crippen molar-refractivity contribution in [2.24, 2.45) is 0 Å². The zero-order valence-electron chi connectivity index (χ0n) is 11.1. The van der Waals surface area contributed by atoms with Gasteiger partial charge >= 0.3 is 0 Å². The van der Waals surface area contributed by atoms with Crippen molar-refractivity contribution < 1.29 is 14.9 Å². The Morgan fingerprint density at radius 2 is 1.19 bits per heavy atom. The molecule has 0 amide bonds. The first-order chi connectivity index (χ1) is 7.83. The molecule has 0 unspecified atom stereocenters. The Bertz CT molecular complexity index is 84.4. The van der Waals surface area contributed by atoms with Crippen molar-refractivity contribution in [1.29, 1.82) is 0 Å². The number of rotatable bonds is 7. The van der Waals surface area contributed by atoms with Gasteiger partial charge in [0.2, 0.25) is 0 Å². The van der Waals surface area contributed by atoms with E-state index in [-0.39, 0.29) is 13.2 Å². The molecule has 0 atom stereocenters. The van der Waals surface area contributed by atoms with Crippen LogP contribution in [0.15, 0.2) is 0 Å². The molecule has 1 aliphatic carbocycles. The Labute approximate surface area is 101 Å². The summed E-state index contributed by atoms with van der Waals surface area (Å²) in [6, 6.07) is 0. The summed E-state index contributed by atoms with van der Waals surface area (Å²) in [6.45, 7) is 6.03. The Kier molecular flexibility index (Phi) is 23.2. The van der Waals surface area contributed by atoms with Crippen molar-refractivity contribution in [1.82, 2.24) is 0 Å². The zero-order chi connectivity index (χ0) is 12.5. The predicted octanol–water partition coefficient (Wildman–Crippen LogP) is 2.74. The quantitative estimate of drug-likeness (QED) is 0.666. The fourth-order valence-corrected chi connectivity index (χ4v) is 0.595. The third-order valence-corrected chi connectivity index (χ3v) is 1.74. The summed E-state index contributed by atoms with van der Waals surface area (Å²) >= 11 is 0. The zero-order valence-corrected chi connectivity index (χ0v) is 11.1. The Hall–Kier alpha value is -0.120. The minimum atomic E-state index is -0.125. The van der Waals surface area contributed by atoms with Crippen molar-refractivity contribution in [2.45, 2.75) is 58.8 Å². The fourth-order valence-electron chi connectivity index (χ4n) is 0.595. The second-order valence-corrected chi connectivity index (χ2v) is 3.83. The van der Waals surface area contributed by atoms with E-state index in [2.05, 4.69) is 13.8 Å². The van der Waals surface area contributed by atoms with Crippen LogP contribution >= 0.6 is 0 Å². The summed E-state index contributed by atoms with van der Waals surface area (Å²) in [6.07, 6.45) is 9.41. The first-order valence-electron chi connectivity index (χ1n) is 6.62. The van der Waals surface area contributed by atoms with E-state index < -0.39 is 0 Å². The number of ether oxygens (including phenoxy) is 1. The summed E-state index contributed by atoms with van der Waals surface area (Å²) in [5, 5.41) is 15.2. The minimum absolute atomic E-state index is 0.125. The second-order valence-electron chi connectivity index (χ2n) is 3.83.